The highest BCUT2D eigenvalue weighted by Gasteiger charge is 2.30. The van der Waals surface area contributed by atoms with Crippen LogP contribution < -0.4 is 11.2 Å². The second-order valence-corrected chi connectivity index (χ2v) is 3.86. The fourth-order valence-corrected chi connectivity index (χ4v) is 0.807. The number of hydrogen-bond acceptors (Lipinski definition) is 4. The highest BCUT2D eigenvalue weighted by Crippen LogP contribution is 2.16. The van der Waals surface area contributed by atoms with Crippen molar-refractivity contribution in [2.75, 3.05) is 0 Å². The molecule has 1 amide bonds. The maximum Gasteiger partial charge on any atom is 0.243 e. The molecule has 0 spiro atoms. The summed E-state index contributed by atoms with van der Waals surface area (Å²) in [5, 5.41) is 2.37. The summed E-state index contributed by atoms with van der Waals surface area (Å²) in [7, 11) is 0. The van der Waals surface area contributed by atoms with E-state index in [1.54, 1.807) is 13.8 Å². The summed E-state index contributed by atoms with van der Waals surface area (Å²) in [6.45, 7) is 3.31. The molecule has 0 saturated heterocycles. The Morgan fingerprint density at radius 2 is 2.18 bits per heavy atom. The minimum absolute atomic E-state index is 0.649. The van der Waals surface area contributed by atoms with E-state index in [4.69, 9.17) is 5.73 Å². The first-order valence-electron chi connectivity index (χ1n) is 2.99. The molecular formula is C5H11N3O2S. The molecule has 0 aliphatic heterocycles. The molecule has 0 radical (unpaired) electrons. The standard InChI is InChI=1S/C5H11N3O2S/c1-5(2,11)3(4(6)9)7-8-10/h3,11H,1-2H3,(H2,6,9)(H,7,10). The molecule has 0 aliphatic rings. The third-order valence-electron chi connectivity index (χ3n) is 1.17. The van der Waals surface area contributed by atoms with E-state index < -0.39 is 16.7 Å². The molecule has 6 heteroatoms. The van der Waals surface area contributed by atoms with Gasteiger partial charge in [0, 0.05) is 4.75 Å². The number of nitrogens with one attached hydrogen (secondary N) is 1. The minimum Gasteiger partial charge on any atom is -0.368 e. The first-order valence-corrected chi connectivity index (χ1v) is 3.44. The van der Waals surface area contributed by atoms with E-state index in [-0.39, 0.29) is 0 Å². The van der Waals surface area contributed by atoms with Gasteiger partial charge in [-0.25, -0.2) is 0 Å². The number of nitroso groups, excluding NO2 is 1. The molecule has 0 saturated carbocycles. The summed E-state index contributed by atoms with van der Waals surface area (Å²) in [4.78, 5) is 20.4. The van der Waals surface area contributed by atoms with E-state index in [2.05, 4.69) is 17.9 Å². The summed E-state index contributed by atoms with van der Waals surface area (Å²) in [6, 6.07) is -0.844. The molecule has 64 valence electrons. The number of amides is 1. The predicted octanol–water partition coefficient (Wildman–Crippen LogP) is -0.180. The Balaban J connectivity index is 4.34. The van der Waals surface area contributed by atoms with Crippen LogP contribution in [0.1, 0.15) is 13.8 Å². The predicted molar refractivity (Wildman–Crippen MR) is 45.0 cm³/mol. The van der Waals surface area contributed by atoms with Gasteiger partial charge in [-0.05, 0) is 13.8 Å². The summed E-state index contributed by atoms with van der Waals surface area (Å²) < 4.78 is -0.695. The molecule has 3 N–H and O–H groups in total. The van der Waals surface area contributed by atoms with Crippen LogP contribution in [0.5, 0.6) is 0 Å². The van der Waals surface area contributed by atoms with Gasteiger partial charge in [0.15, 0.2) is 0 Å². The van der Waals surface area contributed by atoms with Crippen molar-refractivity contribution in [2.45, 2.75) is 24.6 Å². The highest BCUT2D eigenvalue weighted by atomic mass is 32.1. The van der Waals surface area contributed by atoms with Crippen molar-refractivity contribution in [2.24, 2.45) is 11.0 Å². The lowest BCUT2D eigenvalue weighted by Crippen LogP contribution is -2.50. The van der Waals surface area contributed by atoms with Crippen LogP contribution in [-0.4, -0.2) is 16.7 Å². The Kier molecular flexibility index (Phi) is 3.31. The monoisotopic (exact) mass is 177 g/mol. The van der Waals surface area contributed by atoms with Crippen LogP contribution in [0.4, 0.5) is 0 Å². The fourth-order valence-electron chi connectivity index (χ4n) is 0.622. The number of hydrogen-bond donors (Lipinski definition) is 3. The lowest BCUT2D eigenvalue weighted by atomic mass is 10.0. The van der Waals surface area contributed by atoms with Gasteiger partial charge in [-0.3, -0.25) is 10.2 Å². The van der Waals surface area contributed by atoms with Crippen LogP contribution >= 0.6 is 12.6 Å². The van der Waals surface area contributed by atoms with Gasteiger partial charge in [0.05, 0.1) is 5.29 Å². The van der Waals surface area contributed by atoms with Gasteiger partial charge in [0.2, 0.25) is 5.91 Å². The van der Waals surface area contributed by atoms with Gasteiger partial charge >= 0.3 is 0 Å². The Morgan fingerprint density at radius 1 is 1.73 bits per heavy atom. The molecule has 0 aromatic rings. The molecule has 0 aromatic carbocycles. The zero-order valence-electron chi connectivity index (χ0n) is 6.37. The minimum atomic E-state index is -0.844. The third kappa shape index (κ3) is 3.22. The van der Waals surface area contributed by atoms with E-state index in [9.17, 15) is 9.70 Å². The SMILES string of the molecule is CC(C)(S)C(NN=O)C(N)=O. The molecule has 0 aromatic heterocycles. The van der Waals surface area contributed by atoms with Crippen molar-refractivity contribution in [3.63, 3.8) is 0 Å². The molecule has 0 heterocycles. The Labute approximate surface area is 70.1 Å². The van der Waals surface area contributed by atoms with Gasteiger partial charge in [-0.15, -0.1) is 4.91 Å². The fraction of sp³-hybridized carbons (Fsp3) is 0.800. The lowest BCUT2D eigenvalue weighted by Gasteiger charge is -2.24. The van der Waals surface area contributed by atoms with Crippen LogP contribution in [0.15, 0.2) is 5.29 Å². The van der Waals surface area contributed by atoms with Crippen LogP contribution in [0, 0.1) is 4.91 Å². The quantitative estimate of drug-likeness (QED) is 0.316. The Morgan fingerprint density at radius 3 is 2.27 bits per heavy atom. The first kappa shape index (κ1) is 10.2. The van der Waals surface area contributed by atoms with E-state index in [0.29, 0.717) is 0 Å². The number of nitrogens with two attached hydrogens (primary N) is 1. The van der Waals surface area contributed by atoms with Gasteiger partial charge in [-0.2, -0.15) is 12.6 Å². The molecular weight excluding hydrogens is 166 g/mol. The van der Waals surface area contributed by atoms with E-state index in [1.807, 2.05) is 5.43 Å². The van der Waals surface area contributed by atoms with Gasteiger partial charge < -0.3 is 5.73 Å². The van der Waals surface area contributed by atoms with Gasteiger partial charge in [0.1, 0.15) is 6.04 Å². The normalized spacial score (nSPS) is 13.7. The average Bonchev–Trinajstić information content (AvgIpc) is 1.79. The van der Waals surface area contributed by atoms with Crippen molar-refractivity contribution in [3.05, 3.63) is 4.91 Å². The van der Waals surface area contributed by atoms with Crippen molar-refractivity contribution in [1.29, 1.82) is 0 Å². The third-order valence-corrected chi connectivity index (χ3v) is 1.43. The number of carbonyl (C=O) groups is 1. The number of thiol groups is 1. The first-order chi connectivity index (χ1) is 4.89. The molecule has 0 rings (SSSR count). The second kappa shape index (κ2) is 3.56. The van der Waals surface area contributed by atoms with Crippen LogP contribution in [0.25, 0.3) is 0 Å². The Hall–Kier alpha value is -0.780. The number of nitrogens with zero attached hydrogens (tertiary/aromatic N) is 1. The van der Waals surface area contributed by atoms with E-state index in [1.165, 1.54) is 0 Å². The average molecular weight is 177 g/mol. The van der Waals surface area contributed by atoms with Crippen molar-refractivity contribution < 1.29 is 4.79 Å². The highest BCUT2D eigenvalue weighted by molar-refractivity contribution is 7.81. The van der Waals surface area contributed by atoms with Gasteiger partial charge in [0.25, 0.3) is 0 Å². The second-order valence-electron chi connectivity index (χ2n) is 2.71. The molecule has 0 bridgehead atoms. The summed E-state index contributed by atoms with van der Waals surface area (Å²) in [5.41, 5.74) is 7.00. The number of primary amides is 1. The van der Waals surface area contributed by atoms with Crippen molar-refractivity contribution in [3.8, 4) is 0 Å². The number of carbonyl (C=O) groups excluding carboxylic acids is 1. The molecule has 0 fully saturated rings. The summed E-state index contributed by atoms with van der Waals surface area (Å²) in [6.07, 6.45) is 0. The smallest absolute Gasteiger partial charge is 0.243 e. The topological polar surface area (TPSA) is 84.6 Å². The van der Waals surface area contributed by atoms with E-state index >= 15 is 0 Å². The maximum absolute atomic E-state index is 10.6. The molecule has 1 atom stereocenters. The lowest BCUT2D eigenvalue weighted by molar-refractivity contribution is -0.120. The van der Waals surface area contributed by atoms with Crippen molar-refractivity contribution in [1.82, 2.24) is 5.43 Å². The number of rotatable bonds is 4. The van der Waals surface area contributed by atoms with E-state index in [0.717, 1.165) is 0 Å². The molecule has 1 unspecified atom stereocenters. The van der Waals surface area contributed by atoms with Gasteiger partial charge in [-0.1, -0.05) is 0 Å². The Bertz CT molecular complexity index is 166. The summed E-state index contributed by atoms with van der Waals surface area (Å²) >= 11 is 4.06. The van der Waals surface area contributed by atoms with Crippen LogP contribution in [-0.2, 0) is 4.79 Å². The molecule has 5 nitrogen and oxygen atoms in total. The van der Waals surface area contributed by atoms with Crippen LogP contribution in [0.3, 0.4) is 0 Å². The largest absolute Gasteiger partial charge is 0.368 e. The maximum atomic E-state index is 10.6. The molecule has 11 heavy (non-hydrogen) atoms. The molecule has 0 aliphatic carbocycles. The zero-order chi connectivity index (χ0) is 9.07. The van der Waals surface area contributed by atoms with Crippen molar-refractivity contribution >= 4 is 18.5 Å². The zero-order valence-corrected chi connectivity index (χ0v) is 7.26. The summed E-state index contributed by atoms with van der Waals surface area (Å²) in [5.74, 6) is -0.649. The van der Waals surface area contributed by atoms with Crippen LogP contribution in [0.2, 0.25) is 0 Å².